The molecule has 0 heterocycles. The van der Waals surface area contributed by atoms with Crippen molar-refractivity contribution >= 4 is 22.0 Å². The van der Waals surface area contributed by atoms with E-state index in [1.54, 1.807) is 12.1 Å². The smallest absolute Gasteiger partial charge is 0.407 e. The maximum Gasteiger partial charge on any atom is 0.407 e. The average Bonchev–Trinajstić information content (AvgIpc) is 2.70. The summed E-state index contributed by atoms with van der Waals surface area (Å²) in [5, 5.41) is 23.1. The summed E-state index contributed by atoms with van der Waals surface area (Å²) >= 11 is 3.33. The first-order chi connectivity index (χ1) is 13.0. The van der Waals surface area contributed by atoms with Gasteiger partial charge in [0.1, 0.15) is 30.3 Å². The van der Waals surface area contributed by atoms with Crippen LogP contribution in [0.2, 0.25) is 0 Å². The summed E-state index contributed by atoms with van der Waals surface area (Å²) in [7, 11) is 2.94. The maximum absolute atomic E-state index is 11.8. The second-order valence-electron chi connectivity index (χ2n) is 5.68. The third-order valence-electron chi connectivity index (χ3n) is 3.86. The molecule has 146 valence electrons. The number of nitrogens with one attached hydrogen (secondary N) is 1. The first-order valence-electron chi connectivity index (χ1n) is 8.18. The van der Waals surface area contributed by atoms with Crippen LogP contribution >= 0.6 is 15.9 Å². The molecule has 0 radical (unpaired) electrons. The van der Waals surface area contributed by atoms with Gasteiger partial charge in [-0.3, -0.25) is 0 Å². The van der Waals surface area contributed by atoms with Crippen molar-refractivity contribution in [2.24, 2.45) is 0 Å². The first-order valence-corrected chi connectivity index (χ1v) is 8.97. The summed E-state index contributed by atoms with van der Waals surface area (Å²) in [5.74, 6) is 0.855. The van der Waals surface area contributed by atoms with E-state index in [1.807, 2.05) is 30.3 Å². The van der Waals surface area contributed by atoms with E-state index in [2.05, 4.69) is 21.2 Å². The van der Waals surface area contributed by atoms with Crippen molar-refractivity contribution in [1.82, 2.24) is 5.32 Å². The van der Waals surface area contributed by atoms with Crippen LogP contribution in [0.1, 0.15) is 17.2 Å². The topological polar surface area (TPSA) is 97.2 Å². The Labute approximate surface area is 166 Å². The summed E-state index contributed by atoms with van der Waals surface area (Å²) < 4.78 is 16.2. The molecule has 2 unspecified atom stereocenters. The van der Waals surface area contributed by atoms with Crippen molar-refractivity contribution in [1.29, 1.82) is 0 Å². The standard InChI is InChI=1S/C19H22BrNO6/c1-25-16-9-14(20)17(26-2)8-13(16)18(23)15(22)10-21-19(24)27-11-12-6-4-3-5-7-12/h3-9,15,18,22-23H,10-11H2,1-2H3,(H,21,24). The molecule has 0 spiro atoms. The number of hydrogen-bond acceptors (Lipinski definition) is 6. The van der Waals surface area contributed by atoms with Gasteiger partial charge in [-0.25, -0.2) is 4.79 Å². The van der Waals surface area contributed by atoms with Crippen LogP contribution in [0.4, 0.5) is 4.79 Å². The predicted molar refractivity (Wildman–Crippen MR) is 103 cm³/mol. The van der Waals surface area contributed by atoms with Gasteiger partial charge in [-0.15, -0.1) is 0 Å². The van der Waals surface area contributed by atoms with Crippen LogP contribution in [-0.4, -0.2) is 43.2 Å². The lowest BCUT2D eigenvalue weighted by Gasteiger charge is -2.21. The molecule has 0 fully saturated rings. The molecule has 0 aliphatic heterocycles. The van der Waals surface area contributed by atoms with Crippen LogP contribution in [0, 0.1) is 0 Å². The van der Waals surface area contributed by atoms with Gasteiger partial charge in [-0.1, -0.05) is 30.3 Å². The summed E-state index contributed by atoms with van der Waals surface area (Å²) in [6.07, 6.45) is -3.25. The van der Waals surface area contributed by atoms with Crippen molar-refractivity contribution in [3.63, 3.8) is 0 Å². The number of halogens is 1. The Balaban J connectivity index is 1.93. The second kappa shape index (κ2) is 10.1. The highest BCUT2D eigenvalue weighted by molar-refractivity contribution is 9.10. The lowest BCUT2D eigenvalue weighted by atomic mass is 10.0. The number of aliphatic hydroxyl groups excluding tert-OH is 2. The van der Waals surface area contributed by atoms with Gasteiger partial charge in [0.2, 0.25) is 0 Å². The molecule has 0 bridgehead atoms. The van der Waals surface area contributed by atoms with E-state index >= 15 is 0 Å². The lowest BCUT2D eigenvalue weighted by Crippen LogP contribution is -2.35. The lowest BCUT2D eigenvalue weighted by molar-refractivity contribution is 0.0170. The molecule has 2 aromatic carbocycles. The molecule has 0 aliphatic carbocycles. The Morgan fingerprint density at radius 1 is 1.11 bits per heavy atom. The fourth-order valence-corrected chi connectivity index (χ4v) is 2.88. The van der Waals surface area contributed by atoms with Gasteiger partial charge in [-0.05, 0) is 33.6 Å². The Bertz CT molecular complexity index is 755. The fraction of sp³-hybridized carbons (Fsp3) is 0.316. The Morgan fingerprint density at radius 3 is 2.41 bits per heavy atom. The number of alkyl carbamates (subject to hydrolysis) is 1. The van der Waals surface area contributed by atoms with Gasteiger partial charge in [0.05, 0.1) is 18.7 Å². The molecular weight excluding hydrogens is 418 g/mol. The molecule has 3 N–H and O–H groups in total. The van der Waals surface area contributed by atoms with Crippen LogP contribution in [0.15, 0.2) is 46.9 Å². The summed E-state index contributed by atoms with van der Waals surface area (Å²) in [4.78, 5) is 11.8. The SMILES string of the molecule is COc1cc(C(O)C(O)CNC(=O)OCc2ccccc2)c(OC)cc1Br. The van der Waals surface area contributed by atoms with E-state index in [0.717, 1.165) is 5.56 Å². The zero-order valence-corrected chi connectivity index (χ0v) is 16.6. The molecule has 0 aliphatic rings. The van der Waals surface area contributed by atoms with E-state index in [-0.39, 0.29) is 13.2 Å². The van der Waals surface area contributed by atoms with Crippen LogP contribution < -0.4 is 14.8 Å². The monoisotopic (exact) mass is 439 g/mol. The summed E-state index contributed by atoms with van der Waals surface area (Å²) in [5.41, 5.74) is 1.18. The fourth-order valence-electron chi connectivity index (χ4n) is 2.40. The summed E-state index contributed by atoms with van der Waals surface area (Å²) in [6, 6.07) is 12.4. The minimum absolute atomic E-state index is 0.114. The van der Waals surface area contributed by atoms with Gasteiger partial charge < -0.3 is 29.7 Å². The minimum atomic E-state index is -1.30. The highest BCUT2D eigenvalue weighted by Gasteiger charge is 2.24. The molecule has 2 atom stereocenters. The zero-order chi connectivity index (χ0) is 19.8. The molecule has 2 aromatic rings. The number of aliphatic hydroxyl groups is 2. The van der Waals surface area contributed by atoms with Gasteiger partial charge >= 0.3 is 6.09 Å². The third kappa shape index (κ3) is 5.85. The van der Waals surface area contributed by atoms with Crippen molar-refractivity contribution in [3.05, 3.63) is 58.1 Å². The van der Waals surface area contributed by atoms with Gasteiger partial charge in [0, 0.05) is 12.1 Å². The highest BCUT2D eigenvalue weighted by atomic mass is 79.9. The van der Waals surface area contributed by atoms with E-state index in [0.29, 0.717) is 21.5 Å². The van der Waals surface area contributed by atoms with Gasteiger partial charge in [0.25, 0.3) is 0 Å². The maximum atomic E-state index is 11.8. The van der Waals surface area contributed by atoms with Crippen molar-refractivity contribution < 1.29 is 29.2 Å². The molecule has 0 aromatic heterocycles. The van der Waals surface area contributed by atoms with Crippen LogP contribution in [0.25, 0.3) is 0 Å². The van der Waals surface area contributed by atoms with Crippen LogP contribution in [0.5, 0.6) is 11.5 Å². The quantitative estimate of drug-likeness (QED) is 0.584. The Hall–Kier alpha value is -2.29. The molecule has 0 saturated carbocycles. The van der Waals surface area contributed by atoms with Gasteiger partial charge in [-0.2, -0.15) is 0 Å². The molecule has 2 rings (SSSR count). The number of methoxy groups -OCH3 is 2. The van der Waals surface area contributed by atoms with Crippen LogP contribution in [-0.2, 0) is 11.3 Å². The van der Waals surface area contributed by atoms with Gasteiger partial charge in [0.15, 0.2) is 0 Å². The Kier molecular flexibility index (Phi) is 7.90. The molecule has 0 saturated heterocycles. The van der Waals surface area contributed by atoms with E-state index in [9.17, 15) is 15.0 Å². The first kappa shape index (κ1) is 21.0. The van der Waals surface area contributed by atoms with E-state index in [1.165, 1.54) is 14.2 Å². The van der Waals surface area contributed by atoms with E-state index < -0.39 is 18.3 Å². The number of ether oxygens (including phenoxy) is 3. The highest BCUT2D eigenvalue weighted by Crippen LogP contribution is 2.36. The van der Waals surface area contributed by atoms with E-state index in [4.69, 9.17) is 14.2 Å². The van der Waals surface area contributed by atoms with Crippen molar-refractivity contribution in [3.8, 4) is 11.5 Å². The number of benzene rings is 2. The molecular formula is C19H22BrNO6. The van der Waals surface area contributed by atoms with Crippen molar-refractivity contribution in [2.75, 3.05) is 20.8 Å². The van der Waals surface area contributed by atoms with Crippen LogP contribution in [0.3, 0.4) is 0 Å². The summed E-state index contributed by atoms with van der Waals surface area (Å²) in [6.45, 7) is -0.0839. The number of hydrogen-bond donors (Lipinski definition) is 3. The molecule has 1 amide bonds. The minimum Gasteiger partial charge on any atom is -0.496 e. The predicted octanol–water partition coefficient (Wildman–Crippen LogP) is 2.79. The molecule has 7 nitrogen and oxygen atoms in total. The number of carbonyl (C=O) groups excluding carboxylic acids is 1. The number of amides is 1. The normalized spacial score (nSPS) is 12.8. The van der Waals surface area contributed by atoms with Crippen molar-refractivity contribution in [2.45, 2.75) is 18.8 Å². The molecule has 27 heavy (non-hydrogen) atoms. The number of rotatable bonds is 8. The molecule has 8 heteroatoms. The zero-order valence-electron chi connectivity index (χ0n) is 15.0. The third-order valence-corrected chi connectivity index (χ3v) is 4.48. The largest absolute Gasteiger partial charge is 0.496 e. The second-order valence-corrected chi connectivity index (χ2v) is 6.54. The Morgan fingerprint density at radius 2 is 1.78 bits per heavy atom. The number of carbonyl (C=O) groups is 1. The average molecular weight is 440 g/mol.